The third-order valence-electron chi connectivity index (χ3n) is 6.37. The van der Waals surface area contributed by atoms with E-state index in [0.717, 1.165) is 32.1 Å². The minimum absolute atomic E-state index is 0.0625. The van der Waals surface area contributed by atoms with E-state index in [4.69, 9.17) is 14.2 Å². The highest BCUT2D eigenvalue weighted by Gasteiger charge is 2.37. The summed E-state index contributed by atoms with van der Waals surface area (Å²) in [6.45, 7) is 9.37. The lowest BCUT2D eigenvalue weighted by Crippen LogP contribution is -2.41. The van der Waals surface area contributed by atoms with Crippen LogP contribution < -0.4 is 9.47 Å². The second-order valence-electron chi connectivity index (χ2n) is 10.1. The van der Waals surface area contributed by atoms with Gasteiger partial charge in [0.1, 0.15) is 8.07 Å². The van der Waals surface area contributed by atoms with E-state index < -0.39 is 25.5 Å². The SMILES string of the molecule is CCOc1ccc(OCC2CCC(C3CCC(O)(C#C[Si](C)(C)C)OC3)CC2)c(F)c1F. The topological polar surface area (TPSA) is 47.9 Å². The third-order valence-corrected chi connectivity index (χ3v) is 7.24. The van der Waals surface area contributed by atoms with Gasteiger partial charge >= 0.3 is 0 Å². The number of hydrogen-bond donors (Lipinski definition) is 1. The predicted molar refractivity (Wildman–Crippen MR) is 123 cm³/mol. The molecule has 7 heteroatoms. The normalized spacial score (nSPS) is 28.5. The first-order valence-electron chi connectivity index (χ1n) is 11.7. The molecule has 3 rings (SSSR count). The summed E-state index contributed by atoms with van der Waals surface area (Å²) in [5.41, 5.74) is 3.22. The van der Waals surface area contributed by atoms with Crippen molar-refractivity contribution in [3.8, 4) is 23.0 Å². The molecule has 1 saturated heterocycles. The smallest absolute Gasteiger partial charge is 0.230 e. The summed E-state index contributed by atoms with van der Waals surface area (Å²) in [5.74, 6) is 0.857. The molecule has 1 saturated carbocycles. The summed E-state index contributed by atoms with van der Waals surface area (Å²) >= 11 is 0. The van der Waals surface area contributed by atoms with Crippen LogP contribution in [0.1, 0.15) is 45.4 Å². The van der Waals surface area contributed by atoms with Crippen LogP contribution in [0.25, 0.3) is 0 Å². The molecule has 0 spiro atoms. The molecule has 4 nitrogen and oxygen atoms in total. The van der Waals surface area contributed by atoms with Crippen LogP contribution in [-0.2, 0) is 4.74 Å². The number of halogens is 2. The molecule has 1 aliphatic carbocycles. The van der Waals surface area contributed by atoms with Gasteiger partial charge in [0.25, 0.3) is 0 Å². The lowest BCUT2D eigenvalue weighted by atomic mass is 9.74. The zero-order valence-electron chi connectivity index (χ0n) is 19.7. The fourth-order valence-corrected chi connectivity index (χ4v) is 5.03. The van der Waals surface area contributed by atoms with E-state index in [1.54, 1.807) is 6.92 Å². The van der Waals surface area contributed by atoms with Crippen LogP contribution in [0.4, 0.5) is 8.78 Å². The van der Waals surface area contributed by atoms with Crippen molar-refractivity contribution < 1.29 is 28.1 Å². The molecule has 0 aromatic heterocycles. The van der Waals surface area contributed by atoms with E-state index in [1.807, 2.05) is 0 Å². The Balaban J connectivity index is 1.44. The highest BCUT2D eigenvalue weighted by molar-refractivity contribution is 6.83. The van der Waals surface area contributed by atoms with Crippen LogP contribution in [0.2, 0.25) is 19.6 Å². The van der Waals surface area contributed by atoms with Crippen molar-refractivity contribution in [1.82, 2.24) is 0 Å². The van der Waals surface area contributed by atoms with Gasteiger partial charge in [-0.3, -0.25) is 0 Å². The first kappa shape index (κ1) is 25.0. The molecule has 2 aliphatic rings. The lowest BCUT2D eigenvalue weighted by Gasteiger charge is -2.39. The van der Waals surface area contributed by atoms with Gasteiger partial charge in [-0.25, -0.2) is 0 Å². The Morgan fingerprint density at radius 1 is 1.03 bits per heavy atom. The number of ether oxygens (including phenoxy) is 3. The maximum absolute atomic E-state index is 14.2. The van der Waals surface area contributed by atoms with Crippen LogP contribution in [0.15, 0.2) is 12.1 Å². The Labute approximate surface area is 191 Å². The van der Waals surface area contributed by atoms with E-state index in [9.17, 15) is 13.9 Å². The van der Waals surface area contributed by atoms with Crippen molar-refractivity contribution in [3.63, 3.8) is 0 Å². The van der Waals surface area contributed by atoms with Gasteiger partial charge in [0, 0.05) is 6.42 Å². The van der Waals surface area contributed by atoms with Crippen LogP contribution in [-0.4, -0.2) is 38.8 Å². The molecule has 0 bridgehead atoms. The highest BCUT2D eigenvalue weighted by Crippen LogP contribution is 2.39. The molecule has 1 aromatic carbocycles. The van der Waals surface area contributed by atoms with Crippen molar-refractivity contribution in [1.29, 1.82) is 0 Å². The summed E-state index contributed by atoms with van der Waals surface area (Å²) in [6.07, 6.45) is 5.56. The average Bonchev–Trinajstić information content (AvgIpc) is 2.76. The van der Waals surface area contributed by atoms with Gasteiger partial charge < -0.3 is 19.3 Å². The Morgan fingerprint density at radius 3 is 2.19 bits per heavy atom. The summed E-state index contributed by atoms with van der Waals surface area (Å²) in [7, 11) is -1.55. The van der Waals surface area contributed by atoms with Crippen molar-refractivity contribution in [2.24, 2.45) is 17.8 Å². The summed E-state index contributed by atoms with van der Waals surface area (Å²) in [5, 5.41) is 10.6. The Kier molecular flexibility index (Phi) is 8.24. The molecule has 1 heterocycles. The van der Waals surface area contributed by atoms with Crippen LogP contribution in [0.3, 0.4) is 0 Å². The number of rotatable bonds is 6. The summed E-state index contributed by atoms with van der Waals surface area (Å²) in [4.78, 5) is 0. The molecule has 0 radical (unpaired) electrons. The quantitative estimate of drug-likeness (QED) is 0.441. The zero-order chi connectivity index (χ0) is 23.4. The first-order chi connectivity index (χ1) is 15.1. The molecule has 32 heavy (non-hydrogen) atoms. The maximum atomic E-state index is 14.2. The number of hydrogen-bond acceptors (Lipinski definition) is 4. The van der Waals surface area contributed by atoms with Crippen molar-refractivity contribution in [2.75, 3.05) is 19.8 Å². The van der Waals surface area contributed by atoms with E-state index >= 15 is 0 Å². The Morgan fingerprint density at radius 2 is 1.66 bits per heavy atom. The highest BCUT2D eigenvalue weighted by atomic mass is 28.3. The van der Waals surface area contributed by atoms with Crippen LogP contribution in [0, 0.1) is 40.9 Å². The van der Waals surface area contributed by atoms with E-state index in [0.29, 0.717) is 37.4 Å². The van der Waals surface area contributed by atoms with E-state index in [1.165, 1.54) is 12.1 Å². The minimum Gasteiger partial charge on any atom is -0.491 e. The standard InChI is InChI=1S/C25H36F2O4Si/c1-5-29-21-10-11-22(24(27)23(21)26)30-16-18-6-8-19(9-7-18)20-12-13-25(28,31-17-20)14-15-32(2,3)4/h10-11,18-20,28H,5-9,12-13,16-17H2,1-4H3. The molecular formula is C25H36F2O4Si. The van der Waals surface area contributed by atoms with E-state index in [-0.39, 0.29) is 18.1 Å². The van der Waals surface area contributed by atoms with Gasteiger partial charge in [-0.15, -0.1) is 5.54 Å². The van der Waals surface area contributed by atoms with Gasteiger partial charge in [-0.05, 0) is 74.8 Å². The minimum atomic E-state index is -1.55. The third kappa shape index (κ3) is 6.69. The fourth-order valence-electron chi connectivity index (χ4n) is 4.46. The molecule has 1 N–H and O–H groups in total. The second kappa shape index (κ2) is 10.5. The lowest BCUT2D eigenvalue weighted by molar-refractivity contribution is -0.201. The van der Waals surface area contributed by atoms with Crippen LogP contribution in [0.5, 0.6) is 11.5 Å². The monoisotopic (exact) mass is 466 g/mol. The van der Waals surface area contributed by atoms with Crippen molar-refractivity contribution >= 4 is 8.07 Å². The van der Waals surface area contributed by atoms with Gasteiger partial charge in [0.15, 0.2) is 11.5 Å². The van der Waals surface area contributed by atoms with Gasteiger partial charge in [0.2, 0.25) is 17.4 Å². The van der Waals surface area contributed by atoms with E-state index in [2.05, 4.69) is 31.1 Å². The number of benzene rings is 1. The first-order valence-corrected chi connectivity index (χ1v) is 15.2. The molecule has 178 valence electrons. The summed E-state index contributed by atoms with van der Waals surface area (Å²) < 4.78 is 44.7. The van der Waals surface area contributed by atoms with Gasteiger partial charge in [0.05, 0.1) is 19.8 Å². The predicted octanol–water partition coefficient (Wildman–Crippen LogP) is 5.54. The molecule has 2 unspecified atom stereocenters. The maximum Gasteiger partial charge on any atom is 0.230 e. The second-order valence-corrected chi connectivity index (χ2v) is 14.9. The molecule has 2 atom stereocenters. The Bertz CT molecular complexity index is 827. The fraction of sp³-hybridized carbons (Fsp3) is 0.680. The largest absolute Gasteiger partial charge is 0.491 e. The molecule has 1 aromatic rings. The average molecular weight is 467 g/mol. The molecule has 0 amide bonds. The summed E-state index contributed by atoms with van der Waals surface area (Å²) in [6, 6.07) is 2.84. The number of aliphatic hydroxyl groups is 1. The molecule has 2 fully saturated rings. The molecule has 1 aliphatic heterocycles. The Hall–Kier alpha value is -1.62. The van der Waals surface area contributed by atoms with Gasteiger partial charge in [-0.2, -0.15) is 8.78 Å². The van der Waals surface area contributed by atoms with Gasteiger partial charge in [-0.1, -0.05) is 19.6 Å². The van der Waals surface area contributed by atoms with Crippen LogP contribution >= 0.6 is 0 Å². The molecular weight excluding hydrogens is 430 g/mol. The van der Waals surface area contributed by atoms with Crippen molar-refractivity contribution in [3.05, 3.63) is 23.8 Å². The van der Waals surface area contributed by atoms with Crippen molar-refractivity contribution in [2.45, 2.75) is 70.9 Å². The zero-order valence-corrected chi connectivity index (χ0v) is 20.7.